The molecule has 1 heterocycles. The van der Waals surface area contributed by atoms with Gasteiger partial charge in [0.2, 0.25) is 0 Å². The molecule has 0 aliphatic heterocycles. The van der Waals surface area contributed by atoms with Crippen molar-refractivity contribution in [2.75, 3.05) is 10.0 Å². The van der Waals surface area contributed by atoms with E-state index < -0.39 is 15.9 Å². The number of aryl methyl sites for hydroxylation is 1. The van der Waals surface area contributed by atoms with Gasteiger partial charge in [-0.1, -0.05) is 12.1 Å². The lowest BCUT2D eigenvalue weighted by molar-refractivity contribution is 0.102. The topological polar surface area (TPSA) is 95.5 Å². The Kier molecular flexibility index (Phi) is 4.97. The molecule has 0 aliphatic rings. The first-order valence-corrected chi connectivity index (χ1v) is 9.99. The van der Waals surface area contributed by atoms with Gasteiger partial charge in [0, 0.05) is 11.3 Å². The van der Waals surface area contributed by atoms with Gasteiger partial charge in [0.05, 0.1) is 5.69 Å². The highest BCUT2D eigenvalue weighted by molar-refractivity contribution is 7.94. The van der Waals surface area contributed by atoms with Crippen LogP contribution in [0.2, 0.25) is 0 Å². The van der Waals surface area contributed by atoms with Crippen LogP contribution in [0.3, 0.4) is 0 Å². The van der Waals surface area contributed by atoms with Gasteiger partial charge in [-0.2, -0.15) is 0 Å². The van der Waals surface area contributed by atoms with Gasteiger partial charge in [0.1, 0.15) is 9.96 Å². The lowest BCUT2D eigenvalue weighted by Gasteiger charge is -2.09. The van der Waals surface area contributed by atoms with E-state index in [2.05, 4.69) is 10.0 Å². The number of anilines is 2. The van der Waals surface area contributed by atoms with Crippen molar-refractivity contribution in [3.05, 3.63) is 71.1 Å². The Labute approximate surface area is 155 Å². The fourth-order valence-corrected chi connectivity index (χ4v) is 4.30. The highest BCUT2D eigenvalue weighted by Gasteiger charge is 2.15. The van der Waals surface area contributed by atoms with Crippen molar-refractivity contribution in [3.63, 3.8) is 0 Å². The van der Waals surface area contributed by atoms with E-state index >= 15 is 0 Å². The van der Waals surface area contributed by atoms with Crippen LogP contribution in [-0.2, 0) is 10.0 Å². The van der Waals surface area contributed by atoms with Gasteiger partial charge in [0.15, 0.2) is 0 Å². The molecule has 0 saturated carbocycles. The largest absolute Gasteiger partial charge is 0.506 e. The minimum Gasteiger partial charge on any atom is -0.506 e. The van der Waals surface area contributed by atoms with Crippen molar-refractivity contribution in [2.45, 2.75) is 11.1 Å². The van der Waals surface area contributed by atoms with E-state index in [1.807, 2.05) is 6.92 Å². The van der Waals surface area contributed by atoms with Crippen LogP contribution >= 0.6 is 11.3 Å². The number of aromatic hydroxyl groups is 1. The lowest BCUT2D eigenvalue weighted by atomic mass is 10.1. The van der Waals surface area contributed by atoms with Gasteiger partial charge in [0.25, 0.3) is 15.9 Å². The van der Waals surface area contributed by atoms with Crippen LogP contribution in [-0.4, -0.2) is 19.4 Å². The van der Waals surface area contributed by atoms with Gasteiger partial charge in [-0.25, -0.2) is 8.42 Å². The Morgan fingerprint density at radius 1 is 1.08 bits per heavy atom. The SMILES string of the molecule is Cc1ccc(NC(=O)c2ccc(NS(=O)(=O)c3cccs3)cc2)c(O)c1. The molecule has 1 amide bonds. The van der Waals surface area contributed by atoms with Crippen LogP contribution in [0, 0.1) is 6.92 Å². The number of thiophene rings is 1. The number of nitrogens with one attached hydrogen (secondary N) is 2. The molecule has 0 atom stereocenters. The van der Waals surface area contributed by atoms with Crippen molar-refractivity contribution in [1.29, 1.82) is 0 Å². The Hall–Kier alpha value is -2.84. The number of hydrogen-bond donors (Lipinski definition) is 3. The maximum atomic E-state index is 12.3. The molecule has 0 fully saturated rings. The third kappa shape index (κ3) is 4.04. The molecule has 0 saturated heterocycles. The van der Waals surface area contributed by atoms with E-state index in [0.717, 1.165) is 16.9 Å². The van der Waals surface area contributed by atoms with Crippen molar-refractivity contribution in [2.24, 2.45) is 0 Å². The molecule has 26 heavy (non-hydrogen) atoms. The molecule has 3 rings (SSSR count). The molecule has 6 nitrogen and oxygen atoms in total. The van der Waals surface area contributed by atoms with Gasteiger partial charge in [-0.3, -0.25) is 9.52 Å². The van der Waals surface area contributed by atoms with E-state index in [9.17, 15) is 18.3 Å². The van der Waals surface area contributed by atoms with Crippen molar-refractivity contribution in [3.8, 4) is 5.75 Å². The Morgan fingerprint density at radius 2 is 1.81 bits per heavy atom. The number of benzene rings is 2. The Bertz CT molecular complexity index is 1030. The van der Waals surface area contributed by atoms with Crippen LogP contribution < -0.4 is 10.0 Å². The number of carbonyl (C=O) groups is 1. The number of sulfonamides is 1. The first-order chi connectivity index (χ1) is 12.3. The number of phenolic OH excluding ortho intramolecular Hbond substituents is 1. The summed E-state index contributed by atoms with van der Waals surface area (Å²) in [7, 11) is -3.63. The molecule has 8 heteroatoms. The second kappa shape index (κ2) is 7.19. The van der Waals surface area contributed by atoms with Gasteiger partial charge in [-0.15, -0.1) is 11.3 Å². The maximum absolute atomic E-state index is 12.3. The summed E-state index contributed by atoms with van der Waals surface area (Å²) in [6.45, 7) is 1.83. The van der Waals surface area contributed by atoms with Gasteiger partial charge < -0.3 is 10.4 Å². The molecule has 3 aromatic rings. The summed E-state index contributed by atoms with van der Waals surface area (Å²) in [6, 6.07) is 14.2. The fourth-order valence-electron chi connectivity index (χ4n) is 2.25. The highest BCUT2D eigenvalue weighted by Crippen LogP contribution is 2.25. The smallest absolute Gasteiger partial charge is 0.271 e. The van der Waals surface area contributed by atoms with Crippen molar-refractivity contribution in [1.82, 2.24) is 0 Å². The van der Waals surface area contributed by atoms with E-state index in [0.29, 0.717) is 16.9 Å². The first kappa shape index (κ1) is 18.0. The molecule has 1 aromatic heterocycles. The molecule has 0 spiro atoms. The summed E-state index contributed by atoms with van der Waals surface area (Å²) in [5, 5.41) is 14.2. The Balaban J connectivity index is 1.72. The van der Waals surface area contributed by atoms with Gasteiger partial charge in [-0.05, 0) is 60.3 Å². The molecule has 134 valence electrons. The maximum Gasteiger partial charge on any atom is 0.271 e. The van der Waals surface area contributed by atoms with E-state index in [-0.39, 0.29) is 9.96 Å². The van der Waals surface area contributed by atoms with Crippen LogP contribution in [0.25, 0.3) is 0 Å². The van der Waals surface area contributed by atoms with Crippen molar-refractivity contribution >= 4 is 38.6 Å². The molecule has 2 aromatic carbocycles. The quantitative estimate of drug-likeness (QED) is 0.579. The number of rotatable bonds is 5. The molecular formula is C18H16N2O4S2. The average Bonchev–Trinajstić information content (AvgIpc) is 3.13. The zero-order valence-corrected chi connectivity index (χ0v) is 15.4. The minimum atomic E-state index is -3.63. The van der Waals surface area contributed by atoms with Crippen LogP contribution in [0.15, 0.2) is 64.2 Å². The van der Waals surface area contributed by atoms with Crippen LogP contribution in [0.5, 0.6) is 5.75 Å². The predicted octanol–water partition coefficient (Wildman–Crippen LogP) is 3.82. The number of hydrogen-bond acceptors (Lipinski definition) is 5. The van der Waals surface area contributed by atoms with Gasteiger partial charge >= 0.3 is 0 Å². The predicted molar refractivity (Wildman–Crippen MR) is 102 cm³/mol. The summed E-state index contributed by atoms with van der Waals surface area (Å²) in [5.41, 5.74) is 1.88. The monoisotopic (exact) mass is 388 g/mol. The van der Waals surface area contributed by atoms with Crippen LogP contribution in [0.1, 0.15) is 15.9 Å². The number of carbonyl (C=O) groups excluding carboxylic acids is 1. The molecule has 0 bridgehead atoms. The second-order valence-corrected chi connectivity index (χ2v) is 8.45. The third-order valence-electron chi connectivity index (χ3n) is 3.56. The summed E-state index contributed by atoms with van der Waals surface area (Å²) < 4.78 is 27.0. The highest BCUT2D eigenvalue weighted by atomic mass is 32.2. The van der Waals surface area contributed by atoms with E-state index in [4.69, 9.17) is 0 Å². The van der Waals surface area contributed by atoms with Crippen LogP contribution in [0.4, 0.5) is 11.4 Å². The molecule has 0 unspecified atom stereocenters. The molecule has 0 aliphatic carbocycles. The average molecular weight is 388 g/mol. The summed E-state index contributed by atoms with van der Waals surface area (Å²) >= 11 is 1.12. The zero-order valence-electron chi connectivity index (χ0n) is 13.8. The third-order valence-corrected chi connectivity index (χ3v) is 6.34. The normalized spacial score (nSPS) is 11.1. The summed E-state index contributed by atoms with van der Waals surface area (Å²) in [6.07, 6.45) is 0. The molecule has 0 radical (unpaired) electrons. The molecule has 3 N–H and O–H groups in total. The second-order valence-electron chi connectivity index (χ2n) is 5.59. The lowest BCUT2D eigenvalue weighted by Crippen LogP contribution is -2.13. The first-order valence-electron chi connectivity index (χ1n) is 7.62. The van der Waals surface area contributed by atoms with E-state index in [1.54, 1.807) is 29.6 Å². The molecular weight excluding hydrogens is 372 g/mol. The minimum absolute atomic E-state index is 0.0151. The fraction of sp³-hybridized carbons (Fsp3) is 0.0556. The number of phenols is 1. The Morgan fingerprint density at radius 3 is 2.42 bits per heavy atom. The van der Waals surface area contributed by atoms with E-state index in [1.165, 1.54) is 30.3 Å². The summed E-state index contributed by atoms with van der Waals surface area (Å²) in [5.74, 6) is -0.421. The number of amides is 1. The standard InChI is InChI=1S/C18H16N2O4S2/c1-12-4-9-15(16(21)11-12)19-18(22)13-5-7-14(8-6-13)20-26(23,24)17-3-2-10-25-17/h2-11,20-21H,1H3,(H,19,22). The van der Waals surface area contributed by atoms with Crippen molar-refractivity contribution < 1.29 is 18.3 Å². The zero-order chi connectivity index (χ0) is 18.7. The summed E-state index contributed by atoms with van der Waals surface area (Å²) in [4.78, 5) is 12.3.